The summed E-state index contributed by atoms with van der Waals surface area (Å²) >= 11 is 0. The van der Waals surface area contributed by atoms with Gasteiger partial charge in [0.15, 0.2) is 0 Å². The van der Waals surface area contributed by atoms with Crippen LogP contribution in [-0.4, -0.2) is 63.9 Å². The Bertz CT molecular complexity index is 827. The number of nitrogens with zero attached hydrogens (tertiary/aromatic N) is 2. The zero-order valence-corrected chi connectivity index (χ0v) is 17.7. The van der Waals surface area contributed by atoms with E-state index >= 15 is 0 Å². The lowest BCUT2D eigenvalue weighted by Gasteiger charge is -2.31. The van der Waals surface area contributed by atoms with E-state index in [-0.39, 0.29) is 11.7 Å². The summed E-state index contributed by atoms with van der Waals surface area (Å²) in [6.07, 6.45) is 0.615. The first-order chi connectivity index (χ1) is 15.0. The van der Waals surface area contributed by atoms with Crippen molar-refractivity contribution < 1.29 is 23.0 Å². The number of halogens is 2. The third-order valence-corrected chi connectivity index (χ3v) is 5.08. The number of ether oxygens (including phenoxy) is 2. The summed E-state index contributed by atoms with van der Waals surface area (Å²) in [6, 6.07) is 14.7. The van der Waals surface area contributed by atoms with Gasteiger partial charge >= 0.3 is 6.61 Å². The molecule has 0 saturated carbocycles. The first-order valence-electron chi connectivity index (χ1n) is 10.4. The predicted molar refractivity (Wildman–Crippen MR) is 116 cm³/mol. The lowest BCUT2D eigenvalue weighted by atomic mass is 10.1. The number of carbonyl (C=O) groups excluding carboxylic acids is 1. The highest BCUT2D eigenvalue weighted by Gasteiger charge is 2.16. The number of nitrogens with one attached hydrogen (secondary N) is 1. The zero-order chi connectivity index (χ0) is 22.1. The molecule has 0 bridgehead atoms. The maximum absolute atomic E-state index is 12.3. The molecular weight excluding hydrogens is 404 g/mol. The van der Waals surface area contributed by atoms with Crippen LogP contribution in [-0.2, 0) is 22.5 Å². The first-order valence-corrected chi connectivity index (χ1v) is 10.4. The molecule has 0 radical (unpaired) electrons. The molecule has 3 rings (SSSR count). The monoisotopic (exact) mass is 433 g/mol. The Morgan fingerprint density at radius 2 is 1.87 bits per heavy atom. The second-order valence-corrected chi connectivity index (χ2v) is 7.52. The van der Waals surface area contributed by atoms with Crippen molar-refractivity contribution in [2.45, 2.75) is 19.6 Å². The molecule has 0 spiro atoms. The van der Waals surface area contributed by atoms with Gasteiger partial charge in [-0.05, 0) is 42.8 Å². The fourth-order valence-corrected chi connectivity index (χ4v) is 3.59. The summed E-state index contributed by atoms with van der Waals surface area (Å²) in [6.45, 7) is 1.82. The van der Waals surface area contributed by atoms with Crippen molar-refractivity contribution in [2.75, 3.05) is 51.3 Å². The van der Waals surface area contributed by atoms with Crippen molar-refractivity contribution in [3.05, 3.63) is 59.7 Å². The van der Waals surface area contributed by atoms with E-state index in [1.807, 2.05) is 24.1 Å². The van der Waals surface area contributed by atoms with Crippen molar-refractivity contribution in [1.29, 1.82) is 0 Å². The predicted octanol–water partition coefficient (Wildman–Crippen LogP) is 2.92. The molecule has 2 aromatic carbocycles. The fraction of sp³-hybridized carbons (Fsp3) is 0.435. The van der Waals surface area contributed by atoms with E-state index in [1.165, 1.54) is 23.4 Å². The van der Waals surface area contributed by atoms with Crippen LogP contribution in [0.1, 0.15) is 11.1 Å². The van der Waals surface area contributed by atoms with Gasteiger partial charge in [0.1, 0.15) is 5.75 Å². The van der Waals surface area contributed by atoms with Crippen LogP contribution in [0.25, 0.3) is 0 Å². The third kappa shape index (κ3) is 7.48. The van der Waals surface area contributed by atoms with Crippen LogP contribution in [0.4, 0.5) is 14.5 Å². The first kappa shape index (κ1) is 23.0. The number of carbonyl (C=O) groups is 1. The number of anilines is 1. The second kappa shape index (κ2) is 11.6. The molecule has 1 aliphatic rings. The molecule has 31 heavy (non-hydrogen) atoms. The minimum atomic E-state index is -2.83. The van der Waals surface area contributed by atoms with Crippen LogP contribution in [0.15, 0.2) is 48.5 Å². The van der Waals surface area contributed by atoms with Crippen LogP contribution in [0.5, 0.6) is 5.75 Å². The Balaban J connectivity index is 1.43. The quantitative estimate of drug-likeness (QED) is 0.625. The van der Waals surface area contributed by atoms with E-state index in [2.05, 4.69) is 27.1 Å². The van der Waals surface area contributed by atoms with Crippen LogP contribution in [0.3, 0.4) is 0 Å². The molecule has 0 aliphatic carbocycles. The minimum absolute atomic E-state index is 0.0518. The lowest BCUT2D eigenvalue weighted by molar-refractivity contribution is -0.122. The molecule has 8 heteroatoms. The molecule has 0 unspecified atom stereocenters. The van der Waals surface area contributed by atoms with Gasteiger partial charge < -0.3 is 19.7 Å². The summed E-state index contributed by atoms with van der Waals surface area (Å²) in [7, 11) is 1.93. The number of rotatable bonds is 10. The van der Waals surface area contributed by atoms with Gasteiger partial charge in [-0.25, -0.2) is 0 Å². The summed E-state index contributed by atoms with van der Waals surface area (Å²) in [5.74, 6) is 0.0748. The van der Waals surface area contributed by atoms with Crippen LogP contribution in [0, 0.1) is 0 Å². The van der Waals surface area contributed by atoms with Gasteiger partial charge in [-0.1, -0.05) is 30.3 Å². The van der Waals surface area contributed by atoms with Crippen molar-refractivity contribution in [3.63, 3.8) is 0 Å². The standard InChI is InChI=1S/C23H29F2N3O3/c1-27(16-19-4-2-3-5-21(19)28-12-14-30-15-13-28)17-22(29)26-11-10-18-6-8-20(9-7-18)31-23(24)25/h2-9,23H,10-17H2,1H3,(H,26,29). The van der Waals surface area contributed by atoms with Crippen molar-refractivity contribution in [2.24, 2.45) is 0 Å². The number of para-hydroxylation sites is 1. The summed E-state index contributed by atoms with van der Waals surface area (Å²) in [4.78, 5) is 16.6. The van der Waals surface area contributed by atoms with Gasteiger partial charge in [-0.2, -0.15) is 8.78 Å². The number of hydrogen-bond acceptors (Lipinski definition) is 5. The molecule has 2 aromatic rings. The van der Waals surface area contributed by atoms with E-state index in [4.69, 9.17) is 4.74 Å². The van der Waals surface area contributed by atoms with Gasteiger partial charge in [-0.3, -0.25) is 9.69 Å². The number of benzene rings is 2. The average molecular weight is 433 g/mol. The molecule has 0 aromatic heterocycles. The topological polar surface area (TPSA) is 54.0 Å². The van der Waals surface area contributed by atoms with Crippen LogP contribution < -0.4 is 15.0 Å². The minimum Gasteiger partial charge on any atom is -0.435 e. The van der Waals surface area contributed by atoms with Crippen molar-refractivity contribution in [3.8, 4) is 5.75 Å². The molecule has 168 valence electrons. The van der Waals surface area contributed by atoms with Crippen LogP contribution in [0.2, 0.25) is 0 Å². The fourth-order valence-electron chi connectivity index (χ4n) is 3.59. The van der Waals surface area contributed by atoms with Crippen molar-refractivity contribution >= 4 is 11.6 Å². The molecule has 6 nitrogen and oxygen atoms in total. The van der Waals surface area contributed by atoms with Crippen molar-refractivity contribution in [1.82, 2.24) is 10.2 Å². The number of hydrogen-bond donors (Lipinski definition) is 1. The number of amides is 1. The van der Waals surface area contributed by atoms with E-state index in [0.29, 0.717) is 26.1 Å². The Morgan fingerprint density at radius 1 is 1.16 bits per heavy atom. The smallest absolute Gasteiger partial charge is 0.387 e. The van der Waals surface area contributed by atoms with Gasteiger partial charge in [-0.15, -0.1) is 0 Å². The molecule has 1 fully saturated rings. The highest BCUT2D eigenvalue weighted by atomic mass is 19.3. The third-order valence-electron chi connectivity index (χ3n) is 5.08. The number of morpholine rings is 1. The Hall–Kier alpha value is -2.71. The van der Waals surface area contributed by atoms with Gasteiger partial charge in [0.25, 0.3) is 0 Å². The van der Waals surface area contributed by atoms with E-state index in [0.717, 1.165) is 31.9 Å². The highest BCUT2D eigenvalue weighted by Crippen LogP contribution is 2.22. The molecular formula is C23H29F2N3O3. The van der Waals surface area contributed by atoms with E-state index < -0.39 is 6.61 Å². The molecule has 1 aliphatic heterocycles. The summed E-state index contributed by atoms with van der Waals surface area (Å²) in [5.41, 5.74) is 3.32. The van der Waals surface area contributed by atoms with Crippen LogP contribution >= 0.6 is 0 Å². The zero-order valence-electron chi connectivity index (χ0n) is 17.7. The normalized spacial score (nSPS) is 14.2. The summed E-state index contributed by atoms with van der Waals surface area (Å²) < 4.78 is 34.2. The van der Waals surface area contributed by atoms with Gasteiger partial charge in [0.05, 0.1) is 19.8 Å². The van der Waals surface area contributed by atoms with Gasteiger partial charge in [0.2, 0.25) is 5.91 Å². The van der Waals surface area contributed by atoms with E-state index in [9.17, 15) is 13.6 Å². The molecule has 1 heterocycles. The largest absolute Gasteiger partial charge is 0.435 e. The molecule has 1 saturated heterocycles. The SMILES string of the molecule is CN(CC(=O)NCCc1ccc(OC(F)F)cc1)Cc1ccccc1N1CCOCC1. The summed E-state index contributed by atoms with van der Waals surface area (Å²) in [5, 5.41) is 2.91. The Morgan fingerprint density at radius 3 is 2.58 bits per heavy atom. The Kier molecular flexibility index (Phi) is 8.61. The average Bonchev–Trinajstić information content (AvgIpc) is 2.75. The number of alkyl halides is 2. The second-order valence-electron chi connectivity index (χ2n) is 7.52. The molecule has 1 amide bonds. The molecule has 1 N–H and O–H groups in total. The number of likely N-dealkylation sites (N-methyl/N-ethyl adjacent to an activating group) is 1. The molecule has 0 atom stereocenters. The Labute approximate surface area is 181 Å². The lowest BCUT2D eigenvalue weighted by Crippen LogP contribution is -2.38. The van der Waals surface area contributed by atoms with E-state index in [1.54, 1.807) is 12.1 Å². The highest BCUT2D eigenvalue weighted by molar-refractivity contribution is 5.78. The van der Waals surface area contributed by atoms with Gasteiger partial charge in [0, 0.05) is 31.9 Å². The maximum atomic E-state index is 12.3. The maximum Gasteiger partial charge on any atom is 0.387 e.